The van der Waals surface area contributed by atoms with E-state index in [1.807, 2.05) is 0 Å². The molecule has 2 atom stereocenters. The third kappa shape index (κ3) is 45.9. The van der Waals surface area contributed by atoms with E-state index in [1.165, 1.54) is 180 Å². The second-order valence-electron chi connectivity index (χ2n) is 18.2. The maximum absolute atomic E-state index is 12.4. The van der Waals surface area contributed by atoms with Gasteiger partial charge >= 0.3 is 5.97 Å². The molecular weight excluding hydrogens is 743 g/mol. The van der Waals surface area contributed by atoms with Crippen molar-refractivity contribution in [3.8, 4) is 0 Å². The van der Waals surface area contributed by atoms with Gasteiger partial charge in [-0.2, -0.15) is 0 Å². The van der Waals surface area contributed by atoms with E-state index in [9.17, 15) is 19.8 Å². The molecule has 0 aromatic rings. The molecule has 0 spiro atoms. The highest BCUT2D eigenvalue weighted by Crippen LogP contribution is 2.16. The summed E-state index contributed by atoms with van der Waals surface area (Å²) < 4.78 is 5.43. The molecule has 0 heterocycles. The van der Waals surface area contributed by atoms with Gasteiger partial charge in [0, 0.05) is 12.8 Å². The SMILES string of the molecule is CCCCCCC/C=C\CCCCCCCC(=O)OCCCCCC/C=C\CCCC(=O)NC(CO)C(O)CCCCCCCCCCCCCCCCCCCCCC. The van der Waals surface area contributed by atoms with Crippen LogP contribution in [0, 0.1) is 0 Å². The number of carbonyl (C=O) groups excluding carboxylic acids is 2. The molecule has 0 fully saturated rings. The summed E-state index contributed by atoms with van der Waals surface area (Å²) in [6.07, 6.45) is 58.7. The predicted octanol–water partition coefficient (Wildman–Crippen LogP) is 15.9. The second-order valence-corrected chi connectivity index (χ2v) is 18.2. The second kappa shape index (κ2) is 50.0. The van der Waals surface area contributed by atoms with Crippen LogP contribution in [0.25, 0.3) is 0 Å². The Hall–Kier alpha value is -1.66. The molecule has 60 heavy (non-hydrogen) atoms. The molecular formula is C54H103NO5. The lowest BCUT2D eigenvalue weighted by molar-refractivity contribution is -0.143. The quantitative estimate of drug-likeness (QED) is 0.0322. The summed E-state index contributed by atoms with van der Waals surface area (Å²) in [5, 5.41) is 23.2. The third-order valence-electron chi connectivity index (χ3n) is 12.2. The normalized spacial score (nSPS) is 12.8. The number of esters is 1. The van der Waals surface area contributed by atoms with Gasteiger partial charge < -0.3 is 20.3 Å². The van der Waals surface area contributed by atoms with E-state index >= 15 is 0 Å². The number of amides is 1. The molecule has 0 aliphatic rings. The molecule has 6 heteroatoms. The van der Waals surface area contributed by atoms with E-state index in [1.54, 1.807) is 0 Å². The Bertz CT molecular complexity index is 935. The number of aliphatic hydroxyl groups is 2. The van der Waals surface area contributed by atoms with Crippen molar-refractivity contribution in [2.75, 3.05) is 13.2 Å². The van der Waals surface area contributed by atoms with Crippen LogP contribution in [0.15, 0.2) is 24.3 Å². The van der Waals surface area contributed by atoms with Crippen LogP contribution in [0.4, 0.5) is 0 Å². The largest absolute Gasteiger partial charge is 0.466 e. The Morgan fingerprint density at radius 3 is 1.22 bits per heavy atom. The smallest absolute Gasteiger partial charge is 0.305 e. The first-order valence-electron chi connectivity index (χ1n) is 26.6. The fraction of sp³-hybridized carbons (Fsp3) is 0.889. The van der Waals surface area contributed by atoms with Gasteiger partial charge in [0.25, 0.3) is 0 Å². The van der Waals surface area contributed by atoms with E-state index in [2.05, 4.69) is 43.5 Å². The Morgan fingerprint density at radius 1 is 0.450 bits per heavy atom. The number of hydrogen-bond acceptors (Lipinski definition) is 5. The average molecular weight is 846 g/mol. The van der Waals surface area contributed by atoms with E-state index in [4.69, 9.17) is 4.74 Å². The zero-order chi connectivity index (χ0) is 43.7. The van der Waals surface area contributed by atoms with Crippen LogP contribution in [0.3, 0.4) is 0 Å². The van der Waals surface area contributed by atoms with Crippen LogP contribution >= 0.6 is 0 Å². The van der Waals surface area contributed by atoms with Gasteiger partial charge in [-0.25, -0.2) is 0 Å². The lowest BCUT2D eigenvalue weighted by atomic mass is 10.0. The molecule has 0 aromatic carbocycles. The highest BCUT2D eigenvalue weighted by molar-refractivity contribution is 5.76. The Kier molecular flexibility index (Phi) is 48.6. The lowest BCUT2D eigenvalue weighted by Gasteiger charge is -2.22. The fourth-order valence-electron chi connectivity index (χ4n) is 8.11. The number of aliphatic hydroxyl groups excluding tert-OH is 2. The van der Waals surface area contributed by atoms with Gasteiger partial charge in [-0.1, -0.05) is 224 Å². The first-order chi connectivity index (χ1) is 29.5. The molecule has 1 amide bonds. The van der Waals surface area contributed by atoms with Gasteiger partial charge in [-0.05, 0) is 70.6 Å². The maximum atomic E-state index is 12.4. The van der Waals surface area contributed by atoms with Gasteiger partial charge in [0.15, 0.2) is 0 Å². The van der Waals surface area contributed by atoms with Crippen LogP contribution in [-0.4, -0.2) is 47.4 Å². The Balaban J connectivity index is 3.54. The van der Waals surface area contributed by atoms with E-state index in [0.29, 0.717) is 25.9 Å². The lowest BCUT2D eigenvalue weighted by Crippen LogP contribution is -2.45. The number of unbranched alkanes of at least 4 members (excludes halogenated alkanes) is 34. The van der Waals surface area contributed by atoms with E-state index in [0.717, 1.165) is 70.6 Å². The molecule has 0 aromatic heterocycles. The van der Waals surface area contributed by atoms with Gasteiger partial charge in [0.2, 0.25) is 5.91 Å². The molecule has 0 saturated carbocycles. The van der Waals surface area contributed by atoms with Crippen LogP contribution < -0.4 is 5.32 Å². The van der Waals surface area contributed by atoms with E-state index < -0.39 is 12.1 Å². The monoisotopic (exact) mass is 846 g/mol. The van der Waals surface area contributed by atoms with Crippen molar-refractivity contribution < 1.29 is 24.5 Å². The van der Waals surface area contributed by atoms with Crippen LogP contribution in [-0.2, 0) is 14.3 Å². The molecule has 354 valence electrons. The molecule has 0 aliphatic heterocycles. The zero-order valence-electron chi connectivity index (χ0n) is 40.2. The summed E-state index contributed by atoms with van der Waals surface area (Å²) >= 11 is 0. The average Bonchev–Trinajstić information content (AvgIpc) is 3.25. The fourth-order valence-corrected chi connectivity index (χ4v) is 8.11. The van der Waals surface area contributed by atoms with Gasteiger partial charge in [-0.15, -0.1) is 0 Å². The number of rotatable bonds is 49. The summed E-state index contributed by atoms with van der Waals surface area (Å²) in [7, 11) is 0. The van der Waals surface area contributed by atoms with Crippen molar-refractivity contribution in [2.24, 2.45) is 0 Å². The minimum absolute atomic E-state index is 0.0438. The highest BCUT2D eigenvalue weighted by atomic mass is 16.5. The number of carbonyl (C=O) groups is 2. The maximum Gasteiger partial charge on any atom is 0.305 e. The molecule has 0 saturated heterocycles. The molecule has 3 N–H and O–H groups in total. The number of ether oxygens (including phenoxy) is 1. The zero-order valence-corrected chi connectivity index (χ0v) is 40.2. The number of nitrogens with one attached hydrogen (secondary N) is 1. The van der Waals surface area contributed by atoms with Crippen molar-refractivity contribution in [1.29, 1.82) is 0 Å². The predicted molar refractivity (Wildman–Crippen MR) is 260 cm³/mol. The molecule has 2 unspecified atom stereocenters. The van der Waals surface area contributed by atoms with E-state index in [-0.39, 0.29) is 18.5 Å². The van der Waals surface area contributed by atoms with Crippen molar-refractivity contribution >= 4 is 11.9 Å². The first kappa shape index (κ1) is 58.3. The van der Waals surface area contributed by atoms with Crippen molar-refractivity contribution in [2.45, 2.75) is 296 Å². The van der Waals surface area contributed by atoms with Gasteiger partial charge in [0.1, 0.15) is 0 Å². The summed E-state index contributed by atoms with van der Waals surface area (Å²) in [5.41, 5.74) is 0. The minimum Gasteiger partial charge on any atom is -0.466 e. The van der Waals surface area contributed by atoms with Crippen molar-refractivity contribution in [3.05, 3.63) is 24.3 Å². The van der Waals surface area contributed by atoms with Crippen LogP contribution in [0.5, 0.6) is 0 Å². The summed E-state index contributed by atoms with van der Waals surface area (Å²) in [6, 6.07) is -0.580. The molecule has 0 aliphatic carbocycles. The molecule has 6 nitrogen and oxygen atoms in total. The van der Waals surface area contributed by atoms with Crippen LogP contribution in [0.1, 0.15) is 284 Å². The summed E-state index contributed by atoms with van der Waals surface area (Å²) in [4.78, 5) is 24.5. The minimum atomic E-state index is -0.696. The number of allylic oxidation sites excluding steroid dienone is 4. The third-order valence-corrected chi connectivity index (χ3v) is 12.2. The topological polar surface area (TPSA) is 95.9 Å². The number of hydrogen-bond donors (Lipinski definition) is 3. The van der Waals surface area contributed by atoms with Crippen molar-refractivity contribution in [1.82, 2.24) is 5.32 Å². The first-order valence-corrected chi connectivity index (χ1v) is 26.6. The molecule has 0 radical (unpaired) electrons. The molecule has 0 bridgehead atoms. The summed E-state index contributed by atoms with van der Waals surface area (Å²) in [5.74, 6) is -0.138. The Labute approximate surface area is 373 Å². The van der Waals surface area contributed by atoms with Crippen molar-refractivity contribution in [3.63, 3.8) is 0 Å². The Morgan fingerprint density at radius 2 is 0.800 bits per heavy atom. The summed E-state index contributed by atoms with van der Waals surface area (Å²) in [6.45, 7) is 4.86. The van der Waals surface area contributed by atoms with Gasteiger partial charge in [-0.3, -0.25) is 9.59 Å². The highest BCUT2D eigenvalue weighted by Gasteiger charge is 2.20. The molecule has 0 rings (SSSR count). The van der Waals surface area contributed by atoms with Crippen LogP contribution in [0.2, 0.25) is 0 Å². The van der Waals surface area contributed by atoms with Gasteiger partial charge in [0.05, 0.1) is 25.4 Å². The standard InChI is InChI=1S/C54H103NO5/c1-3-5-7-9-11-13-15-17-19-20-21-22-23-24-25-27-30-34-38-42-46-52(57)51(50-56)55-53(58)47-43-39-35-31-29-33-37-41-45-49-60-54(59)48-44-40-36-32-28-26-18-16-14-12-10-8-6-4-2/h16,18,31,35,51-52,56-57H,3-15,17,19-30,32-34,36-50H2,1-2H3,(H,55,58)/b18-16-,35-31-.